The van der Waals surface area contributed by atoms with Crippen LogP contribution in [0.2, 0.25) is 0 Å². The van der Waals surface area contributed by atoms with Gasteiger partial charge in [-0.15, -0.1) is 0 Å². The van der Waals surface area contributed by atoms with Crippen molar-refractivity contribution in [1.82, 2.24) is 0 Å². The largest absolute Gasteiger partial charge is 0.483 e. The maximum atomic E-state index is 12.1. The van der Waals surface area contributed by atoms with Gasteiger partial charge < -0.3 is 14.8 Å². The lowest BCUT2D eigenvalue weighted by molar-refractivity contribution is -0.118. The van der Waals surface area contributed by atoms with E-state index in [1.54, 1.807) is 31.2 Å². The molecule has 0 aliphatic heterocycles. The second kappa shape index (κ2) is 8.15. The first-order chi connectivity index (χ1) is 11.5. The first kappa shape index (κ1) is 17.5. The smallest absolute Gasteiger partial charge is 0.341 e. The van der Waals surface area contributed by atoms with E-state index < -0.39 is 5.97 Å². The molecule has 0 saturated heterocycles. The van der Waals surface area contributed by atoms with Crippen LogP contribution in [0.1, 0.15) is 28.4 Å². The molecule has 0 saturated carbocycles. The Labute approximate surface area is 141 Å². The van der Waals surface area contributed by atoms with Crippen LogP contribution in [0.15, 0.2) is 42.5 Å². The van der Waals surface area contributed by atoms with E-state index in [-0.39, 0.29) is 19.1 Å². The molecule has 0 fully saturated rings. The third kappa shape index (κ3) is 4.59. The summed E-state index contributed by atoms with van der Waals surface area (Å²) in [5, 5.41) is 2.82. The van der Waals surface area contributed by atoms with Gasteiger partial charge in [0.05, 0.1) is 6.61 Å². The first-order valence-electron chi connectivity index (χ1n) is 7.77. The van der Waals surface area contributed by atoms with Crippen LogP contribution in [0.5, 0.6) is 5.75 Å². The average molecular weight is 327 g/mol. The number of esters is 1. The van der Waals surface area contributed by atoms with Crippen LogP contribution < -0.4 is 10.1 Å². The monoisotopic (exact) mass is 327 g/mol. The van der Waals surface area contributed by atoms with Gasteiger partial charge in [0.2, 0.25) is 0 Å². The second-order valence-corrected chi connectivity index (χ2v) is 5.37. The fourth-order valence-corrected chi connectivity index (χ4v) is 2.17. The van der Waals surface area contributed by atoms with Crippen molar-refractivity contribution in [2.24, 2.45) is 0 Å². The van der Waals surface area contributed by atoms with Gasteiger partial charge in [-0.2, -0.15) is 0 Å². The van der Waals surface area contributed by atoms with E-state index in [2.05, 4.69) is 5.32 Å². The summed E-state index contributed by atoms with van der Waals surface area (Å²) in [5.74, 6) is -0.433. The van der Waals surface area contributed by atoms with E-state index in [0.717, 1.165) is 16.8 Å². The highest BCUT2D eigenvalue weighted by Gasteiger charge is 2.14. The summed E-state index contributed by atoms with van der Waals surface area (Å²) in [4.78, 5) is 24.0. The number of ether oxygens (including phenoxy) is 2. The molecule has 0 atom stereocenters. The minimum absolute atomic E-state index is 0.191. The maximum absolute atomic E-state index is 12.1. The molecular formula is C19H21NO4. The minimum Gasteiger partial charge on any atom is -0.483 e. The first-order valence-corrected chi connectivity index (χ1v) is 7.77. The summed E-state index contributed by atoms with van der Waals surface area (Å²) in [6, 6.07) is 12.5. The molecule has 0 unspecified atom stereocenters. The van der Waals surface area contributed by atoms with Crippen LogP contribution in [0.3, 0.4) is 0 Å². The molecule has 0 spiro atoms. The summed E-state index contributed by atoms with van der Waals surface area (Å²) >= 11 is 0. The van der Waals surface area contributed by atoms with Gasteiger partial charge >= 0.3 is 5.97 Å². The number of rotatable bonds is 6. The summed E-state index contributed by atoms with van der Waals surface area (Å²) in [6.07, 6.45) is 0. The molecule has 24 heavy (non-hydrogen) atoms. The minimum atomic E-state index is -0.469. The molecule has 5 nitrogen and oxygen atoms in total. The SMILES string of the molecule is CCOC(=O)c1ccccc1OCC(=O)Nc1cc(C)ccc1C. The highest BCUT2D eigenvalue weighted by atomic mass is 16.5. The number of anilines is 1. The molecule has 2 aromatic rings. The van der Waals surface area contributed by atoms with Gasteiger partial charge in [-0.3, -0.25) is 4.79 Å². The lowest BCUT2D eigenvalue weighted by Gasteiger charge is -2.12. The Morgan fingerprint density at radius 1 is 1.08 bits per heavy atom. The second-order valence-electron chi connectivity index (χ2n) is 5.37. The highest BCUT2D eigenvalue weighted by Crippen LogP contribution is 2.20. The lowest BCUT2D eigenvalue weighted by atomic mass is 10.1. The van der Waals surface area contributed by atoms with Crippen LogP contribution >= 0.6 is 0 Å². The molecule has 0 aromatic heterocycles. The molecule has 1 amide bonds. The Kier molecular flexibility index (Phi) is 5.95. The van der Waals surface area contributed by atoms with E-state index in [1.807, 2.05) is 32.0 Å². The molecule has 0 heterocycles. The van der Waals surface area contributed by atoms with Crippen molar-refractivity contribution >= 4 is 17.6 Å². The van der Waals surface area contributed by atoms with Crippen LogP contribution in [-0.4, -0.2) is 25.1 Å². The predicted molar refractivity (Wildman–Crippen MR) is 92.4 cm³/mol. The van der Waals surface area contributed by atoms with Crippen molar-refractivity contribution < 1.29 is 19.1 Å². The quantitative estimate of drug-likeness (QED) is 0.825. The van der Waals surface area contributed by atoms with Crippen molar-refractivity contribution in [2.45, 2.75) is 20.8 Å². The van der Waals surface area contributed by atoms with Gasteiger partial charge in [0, 0.05) is 5.69 Å². The predicted octanol–water partition coefficient (Wildman–Crippen LogP) is 3.50. The summed E-state index contributed by atoms with van der Waals surface area (Å²) in [5.41, 5.74) is 3.09. The van der Waals surface area contributed by atoms with Crippen molar-refractivity contribution in [1.29, 1.82) is 0 Å². The van der Waals surface area contributed by atoms with Crippen LogP contribution in [0, 0.1) is 13.8 Å². The zero-order chi connectivity index (χ0) is 17.5. The summed E-state index contributed by atoms with van der Waals surface area (Å²) in [6.45, 7) is 5.70. The molecule has 126 valence electrons. The van der Waals surface area contributed by atoms with Gasteiger partial charge in [0.25, 0.3) is 5.91 Å². The molecule has 1 N–H and O–H groups in total. The van der Waals surface area contributed by atoms with Crippen LogP contribution in [0.25, 0.3) is 0 Å². The number of para-hydroxylation sites is 1. The number of hydrogen-bond acceptors (Lipinski definition) is 4. The topological polar surface area (TPSA) is 64.6 Å². The molecule has 2 rings (SSSR count). The van der Waals surface area contributed by atoms with E-state index >= 15 is 0 Å². The van der Waals surface area contributed by atoms with E-state index in [1.165, 1.54) is 0 Å². The summed E-state index contributed by atoms with van der Waals surface area (Å²) in [7, 11) is 0. The zero-order valence-corrected chi connectivity index (χ0v) is 14.1. The van der Waals surface area contributed by atoms with Gasteiger partial charge in [-0.25, -0.2) is 4.79 Å². The Morgan fingerprint density at radius 3 is 2.58 bits per heavy atom. The van der Waals surface area contributed by atoms with Crippen molar-refractivity contribution in [3.63, 3.8) is 0 Å². The molecule has 0 aliphatic rings. The molecule has 0 aliphatic carbocycles. The third-order valence-corrected chi connectivity index (χ3v) is 3.41. The van der Waals surface area contributed by atoms with Crippen molar-refractivity contribution in [3.05, 3.63) is 59.2 Å². The Bertz CT molecular complexity index is 740. The standard InChI is InChI=1S/C19H21NO4/c1-4-23-19(22)15-7-5-6-8-17(15)24-12-18(21)20-16-11-13(2)9-10-14(16)3/h5-11H,4,12H2,1-3H3,(H,20,21). The average Bonchev–Trinajstić information content (AvgIpc) is 2.57. The zero-order valence-electron chi connectivity index (χ0n) is 14.1. The van der Waals surface area contributed by atoms with Crippen molar-refractivity contribution in [3.8, 4) is 5.75 Å². The molecule has 0 radical (unpaired) electrons. The molecular weight excluding hydrogens is 306 g/mol. The van der Waals surface area contributed by atoms with E-state index in [0.29, 0.717) is 11.3 Å². The van der Waals surface area contributed by atoms with E-state index in [9.17, 15) is 9.59 Å². The van der Waals surface area contributed by atoms with E-state index in [4.69, 9.17) is 9.47 Å². The number of nitrogens with one attached hydrogen (secondary N) is 1. The van der Waals surface area contributed by atoms with Crippen molar-refractivity contribution in [2.75, 3.05) is 18.5 Å². The van der Waals surface area contributed by atoms with Gasteiger partial charge in [0.15, 0.2) is 6.61 Å². The number of amides is 1. The fraction of sp³-hybridized carbons (Fsp3) is 0.263. The number of hydrogen-bond donors (Lipinski definition) is 1. The number of carbonyl (C=O) groups is 2. The van der Waals surface area contributed by atoms with Crippen LogP contribution in [0.4, 0.5) is 5.69 Å². The lowest BCUT2D eigenvalue weighted by Crippen LogP contribution is -2.21. The van der Waals surface area contributed by atoms with Crippen LogP contribution in [-0.2, 0) is 9.53 Å². The van der Waals surface area contributed by atoms with Gasteiger partial charge in [0.1, 0.15) is 11.3 Å². The number of carbonyl (C=O) groups excluding carboxylic acids is 2. The Morgan fingerprint density at radius 2 is 1.83 bits per heavy atom. The Balaban J connectivity index is 2.02. The third-order valence-electron chi connectivity index (χ3n) is 3.41. The number of aryl methyl sites for hydroxylation is 2. The Hall–Kier alpha value is -2.82. The maximum Gasteiger partial charge on any atom is 0.341 e. The van der Waals surface area contributed by atoms with Gasteiger partial charge in [-0.1, -0.05) is 24.3 Å². The highest BCUT2D eigenvalue weighted by molar-refractivity contribution is 5.94. The fourth-order valence-electron chi connectivity index (χ4n) is 2.17. The normalized spacial score (nSPS) is 10.1. The molecule has 2 aromatic carbocycles. The molecule has 0 bridgehead atoms. The molecule has 5 heteroatoms. The summed E-state index contributed by atoms with van der Waals surface area (Å²) < 4.78 is 10.5. The van der Waals surface area contributed by atoms with Gasteiger partial charge in [-0.05, 0) is 50.1 Å². The number of benzene rings is 2.